The Morgan fingerprint density at radius 2 is 2.20 bits per heavy atom. The molecule has 20 heavy (non-hydrogen) atoms. The third kappa shape index (κ3) is 3.58. The van der Waals surface area contributed by atoms with Gasteiger partial charge in [-0.1, -0.05) is 12.1 Å². The van der Waals surface area contributed by atoms with Crippen molar-refractivity contribution in [3.63, 3.8) is 0 Å². The van der Waals surface area contributed by atoms with Crippen molar-refractivity contribution in [1.29, 1.82) is 0 Å². The van der Waals surface area contributed by atoms with E-state index in [4.69, 9.17) is 4.74 Å². The van der Waals surface area contributed by atoms with Gasteiger partial charge in [0, 0.05) is 19.8 Å². The lowest BCUT2D eigenvalue weighted by molar-refractivity contribution is 0.414. The second kappa shape index (κ2) is 6.06. The van der Waals surface area contributed by atoms with Crippen molar-refractivity contribution in [3.8, 4) is 5.75 Å². The molecule has 2 aromatic rings. The zero-order chi connectivity index (χ0) is 14.6. The Balaban J connectivity index is 1.95. The SMILES string of the molecule is COc1cccc(CCNS(=O)(=O)c2cnn(C)c2)c1. The molecule has 0 fully saturated rings. The van der Waals surface area contributed by atoms with Crippen LogP contribution in [0.25, 0.3) is 0 Å². The van der Waals surface area contributed by atoms with Crippen LogP contribution in [0.2, 0.25) is 0 Å². The molecular formula is C13H17N3O3S. The topological polar surface area (TPSA) is 73.2 Å². The van der Waals surface area contributed by atoms with Gasteiger partial charge < -0.3 is 4.74 Å². The summed E-state index contributed by atoms with van der Waals surface area (Å²) >= 11 is 0. The lowest BCUT2D eigenvalue weighted by atomic mass is 10.1. The monoisotopic (exact) mass is 295 g/mol. The second-order valence-electron chi connectivity index (χ2n) is 4.35. The van der Waals surface area contributed by atoms with Crippen molar-refractivity contribution in [2.45, 2.75) is 11.3 Å². The maximum atomic E-state index is 12.0. The summed E-state index contributed by atoms with van der Waals surface area (Å²) < 4.78 is 33.1. The van der Waals surface area contributed by atoms with E-state index in [1.165, 1.54) is 17.1 Å². The van der Waals surface area contributed by atoms with Gasteiger partial charge in [-0.05, 0) is 24.1 Å². The smallest absolute Gasteiger partial charge is 0.243 e. The molecule has 0 radical (unpaired) electrons. The maximum absolute atomic E-state index is 12.0. The van der Waals surface area contributed by atoms with E-state index in [2.05, 4.69) is 9.82 Å². The highest BCUT2D eigenvalue weighted by molar-refractivity contribution is 7.89. The molecule has 0 amide bonds. The van der Waals surface area contributed by atoms with Crippen molar-refractivity contribution in [3.05, 3.63) is 42.2 Å². The molecule has 0 aliphatic carbocycles. The number of benzene rings is 1. The van der Waals surface area contributed by atoms with Crippen LogP contribution in [-0.2, 0) is 23.5 Å². The molecule has 6 nitrogen and oxygen atoms in total. The summed E-state index contributed by atoms with van der Waals surface area (Å²) in [6.45, 7) is 0.324. The molecule has 2 rings (SSSR count). The van der Waals surface area contributed by atoms with Crippen LogP contribution in [0.3, 0.4) is 0 Å². The van der Waals surface area contributed by atoms with Gasteiger partial charge in [0.1, 0.15) is 10.6 Å². The zero-order valence-electron chi connectivity index (χ0n) is 11.4. The zero-order valence-corrected chi connectivity index (χ0v) is 12.2. The number of ether oxygens (including phenoxy) is 1. The molecule has 0 bridgehead atoms. The molecule has 7 heteroatoms. The lowest BCUT2D eigenvalue weighted by Gasteiger charge is -2.06. The molecule has 0 atom stereocenters. The van der Waals surface area contributed by atoms with Gasteiger partial charge >= 0.3 is 0 Å². The highest BCUT2D eigenvalue weighted by Crippen LogP contribution is 2.13. The van der Waals surface area contributed by atoms with Crippen molar-refractivity contribution in [2.75, 3.05) is 13.7 Å². The lowest BCUT2D eigenvalue weighted by Crippen LogP contribution is -2.25. The number of rotatable bonds is 6. The van der Waals surface area contributed by atoms with E-state index >= 15 is 0 Å². The van der Waals surface area contributed by atoms with Crippen LogP contribution in [0.4, 0.5) is 0 Å². The normalized spacial score (nSPS) is 11.5. The number of hydrogen-bond acceptors (Lipinski definition) is 4. The van der Waals surface area contributed by atoms with Gasteiger partial charge in [-0.3, -0.25) is 4.68 Å². The summed E-state index contributed by atoms with van der Waals surface area (Å²) in [6, 6.07) is 7.55. The standard InChI is InChI=1S/C13H17N3O3S/c1-16-10-13(9-14-16)20(17,18)15-7-6-11-4-3-5-12(8-11)19-2/h3-5,8-10,15H,6-7H2,1-2H3. The molecule has 108 valence electrons. The molecule has 1 heterocycles. The molecule has 1 aromatic heterocycles. The molecule has 0 aliphatic rings. The number of nitrogens with zero attached hydrogens (tertiary/aromatic N) is 2. The average Bonchev–Trinajstić information content (AvgIpc) is 2.86. The number of hydrogen-bond donors (Lipinski definition) is 1. The molecule has 0 saturated heterocycles. The predicted octanol–water partition coefficient (Wildman–Crippen LogP) is 0.950. The van der Waals surface area contributed by atoms with Gasteiger partial charge in [0.2, 0.25) is 10.0 Å². The predicted molar refractivity (Wildman–Crippen MR) is 75.1 cm³/mol. The fraction of sp³-hybridized carbons (Fsp3) is 0.308. The first-order valence-corrected chi connectivity index (χ1v) is 7.61. The van der Waals surface area contributed by atoms with Crippen molar-refractivity contribution >= 4 is 10.0 Å². The van der Waals surface area contributed by atoms with Crippen LogP contribution < -0.4 is 9.46 Å². The summed E-state index contributed by atoms with van der Waals surface area (Å²) in [5, 5.41) is 3.85. The first-order valence-electron chi connectivity index (χ1n) is 6.12. The number of nitrogens with one attached hydrogen (secondary N) is 1. The molecule has 1 N–H and O–H groups in total. The highest BCUT2D eigenvalue weighted by Gasteiger charge is 2.15. The minimum Gasteiger partial charge on any atom is -0.497 e. The summed E-state index contributed by atoms with van der Waals surface area (Å²) in [7, 11) is -0.213. The molecule has 0 saturated carbocycles. The van der Waals surface area contributed by atoms with E-state index in [1.807, 2.05) is 24.3 Å². The Hall–Kier alpha value is -1.86. The fourth-order valence-corrected chi connectivity index (χ4v) is 2.79. The van der Waals surface area contributed by atoms with Crippen LogP contribution in [0, 0.1) is 0 Å². The van der Waals surface area contributed by atoms with Crippen LogP contribution >= 0.6 is 0 Å². The first kappa shape index (κ1) is 14.5. The molecule has 0 aliphatic heterocycles. The summed E-state index contributed by atoms with van der Waals surface area (Å²) in [5.74, 6) is 0.762. The summed E-state index contributed by atoms with van der Waals surface area (Å²) in [5.41, 5.74) is 1.01. The maximum Gasteiger partial charge on any atom is 0.243 e. The number of aryl methyl sites for hydroxylation is 1. The van der Waals surface area contributed by atoms with Crippen molar-refractivity contribution in [1.82, 2.24) is 14.5 Å². The van der Waals surface area contributed by atoms with E-state index in [0.29, 0.717) is 13.0 Å². The third-order valence-corrected chi connectivity index (χ3v) is 4.25. The molecular weight excluding hydrogens is 278 g/mol. The van der Waals surface area contributed by atoms with E-state index in [-0.39, 0.29) is 4.90 Å². The highest BCUT2D eigenvalue weighted by atomic mass is 32.2. The van der Waals surface area contributed by atoms with Crippen LogP contribution in [0.1, 0.15) is 5.56 Å². The second-order valence-corrected chi connectivity index (χ2v) is 6.12. The van der Waals surface area contributed by atoms with Crippen LogP contribution in [0.15, 0.2) is 41.6 Å². The largest absolute Gasteiger partial charge is 0.497 e. The number of aromatic nitrogens is 2. The Bertz CT molecular complexity index is 680. The minimum absolute atomic E-state index is 0.172. The van der Waals surface area contributed by atoms with E-state index in [0.717, 1.165) is 11.3 Å². The van der Waals surface area contributed by atoms with Gasteiger partial charge in [-0.2, -0.15) is 5.10 Å². The van der Waals surface area contributed by atoms with E-state index in [1.54, 1.807) is 14.2 Å². The molecule has 1 aromatic carbocycles. The summed E-state index contributed by atoms with van der Waals surface area (Å²) in [6.07, 6.45) is 3.39. The van der Waals surface area contributed by atoms with Gasteiger partial charge in [-0.25, -0.2) is 13.1 Å². The van der Waals surface area contributed by atoms with E-state index < -0.39 is 10.0 Å². The third-order valence-electron chi connectivity index (χ3n) is 2.83. The Labute approximate surface area is 118 Å². The Morgan fingerprint density at radius 1 is 1.40 bits per heavy atom. The van der Waals surface area contributed by atoms with Crippen molar-refractivity contribution < 1.29 is 13.2 Å². The van der Waals surface area contributed by atoms with Gasteiger partial charge in [-0.15, -0.1) is 0 Å². The Morgan fingerprint density at radius 3 is 2.85 bits per heavy atom. The first-order chi connectivity index (χ1) is 9.51. The number of sulfonamides is 1. The van der Waals surface area contributed by atoms with Gasteiger partial charge in [0.25, 0.3) is 0 Å². The quantitative estimate of drug-likeness (QED) is 0.861. The average molecular weight is 295 g/mol. The molecule has 0 unspecified atom stereocenters. The van der Waals surface area contributed by atoms with E-state index in [9.17, 15) is 8.42 Å². The fourth-order valence-electron chi connectivity index (χ4n) is 1.78. The van der Waals surface area contributed by atoms with Crippen molar-refractivity contribution in [2.24, 2.45) is 7.05 Å². The minimum atomic E-state index is -3.49. The summed E-state index contributed by atoms with van der Waals surface area (Å²) in [4.78, 5) is 0.172. The molecule has 0 spiro atoms. The number of methoxy groups -OCH3 is 1. The van der Waals surface area contributed by atoms with Gasteiger partial charge in [0.05, 0.1) is 13.3 Å². The Kier molecular flexibility index (Phi) is 4.41. The van der Waals surface area contributed by atoms with Crippen LogP contribution in [-0.4, -0.2) is 31.9 Å². The van der Waals surface area contributed by atoms with Crippen LogP contribution in [0.5, 0.6) is 5.75 Å². The van der Waals surface area contributed by atoms with Gasteiger partial charge in [0.15, 0.2) is 0 Å².